The minimum absolute atomic E-state index is 0.0645. The number of carbonyl (C=O) groups excluding carboxylic acids is 1. The standard InChI is InChI=1S/C23H27FN2O2/c1-2-18-6-8-19(9-7-18)15-25-12-10-23(11-13-25)17-26(22(27)16-28-23)21-5-3-4-20(24)14-21/h3-9,14H,2,10-13,15-17H2,1H3. The fourth-order valence-corrected chi connectivity index (χ4v) is 4.15. The number of carbonyl (C=O) groups is 1. The Balaban J connectivity index is 1.39. The number of benzene rings is 2. The number of hydrogen-bond acceptors (Lipinski definition) is 3. The molecular formula is C23H27FN2O2. The molecule has 0 unspecified atom stereocenters. The van der Waals surface area contributed by atoms with Crippen molar-refractivity contribution in [2.45, 2.75) is 38.3 Å². The van der Waals surface area contributed by atoms with Gasteiger partial charge in [0.05, 0.1) is 12.1 Å². The monoisotopic (exact) mass is 382 g/mol. The average molecular weight is 382 g/mol. The number of ether oxygens (including phenoxy) is 1. The van der Waals surface area contributed by atoms with Crippen molar-refractivity contribution in [3.8, 4) is 0 Å². The summed E-state index contributed by atoms with van der Waals surface area (Å²) in [6, 6.07) is 15.1. The van der Waals surface area contributed by atoms with Gasteiger partial charge in [0.2, 0.25) is 0 Å². The van der Waals surface area contributed by atoms with Crippen LogP contribution in [0, 0.1) is 5.82 Å². The Morgan fingerprint density at radius 3 is 2.46 bits per heavy atom. The molecule has 2 fully saturated rings. The van der Waals surface area contributed by atoms with Crippen molar-refractivity contribution in [1.82, 2.24) is 4.90 Å². The highest BCUT2D eigenvalue weighted by atomic mass is 19.1. The van der Waals surface area contributed by atoms with Crippen LogP contribution in [0.4, 0.5) is 10.1 Å². The predicted molar refractivity (Wildman–Crippen MR) is 108 cm³/mol. The van der Waals surface area contributed by atoms with Gasteiger partial charge in [-0.1, -0.05) is 37.3 Å². The lowest BCUT2D eigenvalue weighted by molar-refractivity contribution is -0.144. The van der Waals surface area contributed by atoms with Gasteiger partial charge in [-0.2, -0.15) is 0 Å². The van der Waals surface area contributed by atoms with E-state index in [1.807, 2.05) is 0 Å². The van der Waals surface area contributed by atoms with Gasteiger partial charge in [-0.3, -0.25) is 9.69 Å². The lowest BCUT2D eigenvalue weighted by Crippen LogP contribution is -2.58. The second-order valence-electron chi connectivity index (χ2n) is 7.88. The normalized spacial score (nSPS) is 19.9. The van der Waals surface area contributed by atoms with E-state index in [2.05, 4.69) is 36.1 Å². The number of morpholine rings is 1. The van der Waals surface area contributed by atoms with Crippen LogP contribution in [0.1, 0.15) is 30.9 Å². The lowest BCUT2D eigenvalue weighted by Gasteiger charge is -2.47. The van der Waals surface area contributed by atoms with Crippen molar-refractivity contribution in [3.63, 3.8) is 0 Å². The van der Waals surface area contributed by atoms with Gasteiger partial charge in [0, 0.05) is 25.3 Å². The molecule has 4 nitrogen and oxygen atoms in total. The van der Waals surface area contributed by atoms with Gasteiger partial charge in [-0.25, -0.2) is 4.39 Å². The number of nitrogens with zero attached hydrogens (tertiary/aromatic N) is 2. The Bertz CT molecular complexity index is 829. The molecule has 2 aromatic carbocycles. The number of amides is 1. The van der Waals surface area contributed by atoms with Crippen LogP contribution in [-0.4, -0.2) is 42.6 Å². The summed E-state index contributed by atoms with van der Waals surface area (Å²) >= 11 is 0. The van der Waals surface area contributed by atoms with Crippen molar-refractivity contribution in [1.29, 1.82) is 0 Å². The van der Waals surface area contributed by atoms with E-state index in [1.165, 1.54) is 23.3 Å². The molecule has 148 valence electrons. The van der Waals surface area contributed by atoms with Gasteiger partial charge in [0.1, 0.15) is 12.4 Å². The van der Waals surface area contributed by atoms with Gasteiger partial charge >= 0.3 is 0 Å². The molecule has 1 amide bonds. The first-order chi connectivity index (χ1) is 13.6. The Labute approximate surface area is 165 Å². The van der Waals surface area contributed by atoms with E-state index in [9.17, 15) is 9.18 Å². The number of rotatable bonds is 4. The summed E-state index contributed by atoms with van der Waals surface area (Å²) in [5.41, 5.74) is 2.97. The van der Waals surface area contributed by atoms with E-state index in [1.54, 1.807) is 17.0 Å². The molecule has 4 rings (SSSR count). The molecule has 1 spiro atoms. The van der Waals surface area contributed by atoms with Crippen molar-refractivity contribution >= 4 is 11.6 Å². The van der Waals surface area contributed by atoms with Gasteiger partial charge in [-0.15, -0.1) is 0 Å². The number of anilines is 1. The van der Waals surface area contributed by atoms with Crippen LogP contribution in [0.15, 0.2) is 48.5 Å². The van der Waals surface area contributed by atoms with Crippen LogP contribution in [-0.2, 0) is 22.5 Å². The first kappa shape index (κ1) is 19.1. The van der Waals surface area contributed by atoms with Crippen LogP contribution < -0.4 is 4.90 Å². The molecule has 0 N–H and O–H groups in total. The van der Waals surface area contributed by atoms with Crippen LogP contribution >= 0.6 is 0 Å². The Kier molecular flexibility index (Phi) is 5.47. The first-order valence-electron chi connectivity index (χ1n) is 10.1. The topological polar surface area (TPSA) is 32.8 Å². The summed E-state index contributed by atoms with van der Waals surface area (Å²) in [6.07, 6.45) is 2.81. The molecule has 28 heavy (non-hydrogen) atoms. The van der Waals surface area contributed by atoms with Crippen molar-refractivity contribution < 1.29 is 13.9 Å². The third-order valence-electron chi connectivity index (χ3n) is 5.97. The summed E-state index contributed by atoms with van der Waals surface area (Å²) in [4.78, 5) is 16.5. The van der Waals surface area contributed by atoms with E-state index in [0.717, 1.165) is 38.9 Å². The molecule has 0 aromatic heterocycles. The van der Waals surface area contributed by atoms with Gasteiger partial charge in [0.25, 0.3) is 5.91 Å². The molecule has 0 atom stereocenters. The Morgan fingerprint density at radius 2 is 1.79 bits per heavy atom. The third kappa shape index (κ3) is 4.10. The fourth-order valence-electron chi connectivity index (χ4n) is 4.15. The van der Waals surface area contributed by atoms with Crippen LogP contribution in [0.2, 0.25) is 0 Å². The zero-order chi connectivity index (χ0) is 19.6. The van der Waals surface area contributed by atoms with Gasteiger partial charge in [0.15, 0.2) is 0 Å². The maximum absolute atomic E-state index is 13.6. The minimum Gasteiger partial charge on any atom is -0.363 e. The number of hydrogen-bond donors (Lipinski definition) is 0. The van der Waals surface area contributed by atoms with Gasteiger partial charge < -0.3 is 9.64 Å². The molecular weight excluding hydrogens is 355 g/mol. The predicted octanol–water partition coefficient (Wildman–Crippen LogP) is 3.79. The summed E-state index contributed by atoms with van der Waals surface area (Å²) < 4.78 is 19.6. The fraction of sp³-hybridized carbons (Fsp3) is 0.435. The zero-order valence-corrected chi connectivity index (χ0v) is 16.4. The second-order valence-corrected chi connectivity index (χ2v) is 7.88. The Hall–Kier alpha value is -2.24. The number of likely N-dealkylation sites (tertiary alicyclic amines) is 1. The van der Waals surface area contributed by atoms with E-state index in [4.69, 9.17) is 4.74 Å². The van der Waals surface area contributed by atoms with Crippen molar-refractivity contribution in [2.75, 3.05) is 31.1 Å². The van der Waals surface area contributed by atoms with Crippen LogP contribution in [0.25, 0.3) is 0 Å². The first-order valence-corrected chi connectivity index (χ1v) is 10.1. The summed E-state index contributed by atoms with van der Waals surface area (Å²) in [6.45, 7) is 5.53. The van der Waals surface area contributed by atoms with E-state index in [-0.39, 0.29) is 23.9 Å². The summed E-state index contributed by atoms with van der Waals surface area (Å²) in [5.74, 6) is -0.426. The lowest BCUT2D eigenvalue weighted by atomic mass is 9.88. The largest absolute Gasteiger partial charge is 0.363 e. The maximum Gasteiger partial charge on any atom is 0.253 e. The quantitative estimate of drug-likeness (QED) is 0.807. The number of halogens is 1. The van der Waals surface area contributed by atoms with Crippen molar-refractivity contribution in [3.05, 3.63) is 65.5 Å². The Morgan fingerprint density at radius 1 is 1.07 bits per heavy atom. The highest BCUT2D eigenvalue weighted by molar-refractivity contribution is 5.95. The summed E-state index contributed by atoms with van der Waals surface area (Å²) in [5, 5.41) is 0. The van der Waals surface area contributed by atoms with Gasteiger partial charge in [-0.05, 0) is 48.6 Å². The maximum atomic E-state index is 13.6. The molecule has 2 aliphatic heterocycles. The summed E-state index contributed by atoms with van der Waals surface area (Å²) in [7, 11) is 0. The molecule has 0 radical (unpaired) electrons. The molecule has 2 heterocycles. The van der Waals surface area contributed by atoms with Crippen LogP contribution in [0.5, 0.6) is 0 Å². The molecule has 0 bridgehead atoms. The second kappa shape index (κ2) is 8.02. The highest BCUT2D eigenvalue weighted by Crippen LogP contribution is 2.33. The average Bonchev–Trinajstić information content (AvgIpc) is 2.72. The SMILES string of the molecule is CCc1ccc(CN2CCC3(CC2)CN(c2cccc(F)c2)C(=O)CO3)cc1. The van der Waals surface area contributed by atoms with Crippen molar-refractivity contribution in [2.24, 2.45) is 0 Å². The molecule has 0 saturated carbocycles. The smallest absolute Gasteiger partial charge is 0.253 e. The molecule has 2 aromatic rings. The van der Waals surface area contributed by atoms with E-state index >= 15 is 0 Å². The number of aryl methyl sites for hydroxylation is 1. The van der Waals surface area contributed by atoms with E-state index in [0.29, 0.717) is 12.2 Å². The zero-order valence-electron chi connectivity index (χ0n) is 16.4. The van der Waals surface area contributed by atoms with E-state index < -0.39 is 0 Å². The molecule has 0 aliphatic carbocycles. The number of piperidine rings is 1. The van der Waals surface area contributed by atoms with Crippen LogP contribution in [0.3, 0.4) is 0 Å². The molecule has 5 heteroatoms. The molecule has 2 aliphatic rings. The third-order valence-corrected chi connectivity index (χ3v) is 5.97. The highest BCUT2D eigenvalue weighted by Gasteiger charge is 2.42. The minimum atomic E-state index is -0.331. The molecule has 2 saturated heterocycles.